The summed E-state index contributed by atoms with van der Waals surface area (Å²) in [4.78, 5) is 0. The van der Waals surface area contributed by atoms with Crippen molar-refractivity contribution in [2.75, 3.05) is 6.61 Å². The molecule has 2 rings (SSSR count). The molecule has 1 saturated carbocycles. The number of hydrogen-bond donors (Lipinski definition) is 1. The Labute approximate surface area is 111 Å². The third-order valence-corrected chi connectivity index (χ3v) is 3.95. The molecule has 0 aromatic heterocycles. The van der Waals surface area contributed by atoms with E-state index in [-0.39, 0.29) is 12.1 Å². The van der Waals surface area contributed by atoms with Gasteiger partial charge in [-0.3, -0.25) is 0 Å². The van der Waals surface area contributed by atoms with Gasteiger partial charge in [0.1, 0.15) is 0 Å². The lowest BCUT2D eigenvalue weighted by Crippen LogP contribution is -2.39. The standard InChI is InChI=1S/C16H25NO/c1-3-8-15(18-4-2)16(17)14-11-13(14)12-9-6-5-7-10-12/h5-7,9-10,13-16H,3-4,8,11,17H2,1-2H3. The molecule has 0 aliphatic heterocycles. The van der Waals surface area contributed by atoms with Crippen molar-refractivity contribution in [1.29, 1.82) is 0 Å². The van der Waals surface area contributed by atoms with Crippen molar-refractivity contribution in [3.8, 4) is 0 Å². The topological polar surface area (TPSA) is 35.2 Å². The van der Waals surface area contributed by atoms with Crippen molar-refractivity contribution in [1.82, 2.24) is 0 Å². The van der Waals surface area contributed by atoms with E-state index in [2.05, 4.69) is 44.2 Å². The summed E-state index contributed by atoms with van der Waals surface area (Å²) in [5, 5.41) is 0. The van der Waals surface area contributed by atoms with Crippen LogP contribution in [-0.2, 0) is 4.74 Å². The zero-order valence-corrected chi connectivity index (χ0v) is 11.5. The second kappa shape index (κ2) is 6.35. The van der Waals surface area contributed by atoms with E-state index >= 15 is 0 Å². The molecule has 0 spiro atoms. The molecule has 1 aromatic carbocycles. The summed E-state index contributed by atoms with van der Waals surface area (Å²) in [5.41, 5.74) is 7.83. The maximum absolute atomic E-state index is 6.40. The highest BCUT2D eigenvalue weighted by Crippen LogP contribution is 2.50. The maximum atomic E-state index is 6.40. The number of hydrogen-bond acceptors (Lipinski definition) is 2. The van der Waals surface area contributed by atoms with Crippen molar-refractivity contribution >= 4 is 0 Å². The molecule has 2 nitrogen and oxygen atoms in total. The van der Waals surface area contributed by atoms with E-state index in [0.717, 1.165) is 19.4 Å². The Morgan fingerprint density at radius 2 is 2.00 bits per heavy atom. The quantitative estimate of drug-likeness (QED) is 0.802. The van der Waals surface area contributed by atoms with Crippen LogP contribution in [-0.4, -0.2) is 18.8 Å². The van der Waals surface area contributed by atoms with Gasteiger partial charge in [0.25, 0.3) is 0 Å². The minimum absolute atomic E-state index is 0.190. The summed E-state index contributed by atoms with van der Waals surface area (Å²) in [7, 11) is 0. The van der Waals surface area contributed by atoms with Crippen molar-refractivity contribution < 1.29 is 4.74 Å². The van der Waals surface area contributed by atoms with Gasteiger partial charge in [-0.15, -0.1) is 0 Å². The summed E-state index contributed by atoms with van der Waals surface area (Å²) in [5.74, 6) is 1.26. The van der Waals surface area contributed by atoms with E-state index < -0.39 is 0 Å². The summed E-state index contributed by atoms with van der Waals surface area (Å²) >= 11 is 0. The zero-order valence-electron chi connectivity index (χ0n) is 11.5. The summed E-state index contributed by atoms with van der Waals surface area (Å²) < 4.78 is 5.80. The molecule has 0 radical (unpaired) electrons. The van der Waals surface area contributed by atoms with E-state index in [0.29, 0.717) is 11.8 Å². The third kappa shape index (κ3) is 3.12. The SMILES string of the molecule is CCCC(OCC)C(N)C1CC1c1ccccc1. The number of rotatable bonds is 7. The predicted molar refractivity (Wildman–Crippen MR) is 75.6 cm³/mol. The Bertz CT molecular complexity index is 345. The van der Waals surface area contributed by atoms with Crippen LogP contribution in [0.1, 0.15) is 44.6 Å². The van der Waals surface area contributed by atoms with Gasteiger partial charge >= 0.3 is 0 Å². The molecule has 4 atom stereocenters. The molecule has 2 heteroatoms. The minimum atomic E-state index is 0.190. The fraction of sp³-hybridized carbons (Fsp3) is 0.625. The first kappa shape index (κ1) is 13.6. The predicted octanol–water partition coefficient (Wildman–Crippen LogP) is 3.32. The molecule has 2 N–H and O–H groups in total. The third-order valence-electron chi connectivity index (χ3n) is 3.95. The van der Waals surface area contributed by atoms with Gasteiger partial charge in [0.2, 0.25) is 0 Å². The highest BCUT2D eigenvalue weighted by Gasteiger charge is 2.44. The molecule has 1 aliphatic carbocycles. The number of ether oxygens (including phenoxy) is 1. The molecule has 0 amide bonds. The lowest BCUT2D eigenvalue weighted by atomic mass is 9.99. The Hall–Kier alpha value is -0.860. The molecule has 0 heterocycles. The Morgan fingerprint density at radius 3 is 2.61 bits per heavy atom. The van der Waals surface area contributed by atoms with E-state index in [4.69, 9.17) is 10.5 Å². The highest BCUT2D eigenvalue weighted by atomic mass is 16.5. The molecule has 18 heavy (non-hydrogen) atoms. The Kier molecular flexibility index (Phi) is 4.79. The van der Waals surface area contributed by atoms with Crippen molar-refractivity contribution in [2.45, 2.75) is 51.2 Å². The van der Waals surface area contributed by atoms with Crippen LogP contribution in [0.15, 0.2) is 30.3 Å². The highest BCUT2D eigenvalue weighted by molar-refractivity contribution is 5.26. The van der Waals surface area contributed by atoms with Crippen LogP contribution in [0.3, 0.4) is 0 Å². The lowest BCUT2D eigenvalue weighted by molar-refractivity contribution is 0.0322. The average molecular weight is 247 g/mol. The second-order valence-corrected chi connectivity index (χ2v) is 5.28. The minimum Gasteiger partial charge on any atom is -0.377 e. The van der Waals surface area contributed by atoms with Gasteiger partial charge in [-0.2, -0.15) is 0 Å². The Balaban J connectivity index is 1.93. The second-order valence-electron chi connectivity index (χ2n) is 5.28. The van der Waals surface area contributed by atoms with Crippen molar-refractivity contribution in [3.05, 3.63) is 35.9 Å². The van der Waals surface area contributed by atoms with E-state index in [1.807, 2.05) is 0 Å². The summed E-state index contributed by atoms with van der Waals surface area (Å²) in [6, 6.07) is 10.9. The summed E-state index contributed by atoms with van der Waals surface area (Å²) in [6.07, 6.45) is 3.67. The fourth-order valence-corrected chi connectivity index (χ4v) is 2.88. The van der Waals surface area contributed by atoms with E-state index in [1.54, 1.807) is 0 Å². The van der Waals surface area contributed by atoms with Crippen LogP contribution >= 0.6 is 0 Å². The van der Waals surface area contributed by atoms with E-state index in [1.165, 1.54) is 12.0 Å². The van der Waals surface area contributed by atoms with Crippen LogP contribution in [0.2, 0.25) is 0 Å². The van der Waals surface area contributed by atoms with Gasteiger partial charge in [-0.05, 0) is 37.2 Å². The van der Waals surface area contributed by atoms with Crippen LogP contribution in [0, 0.1) is 5.92 Å². The first-order chi connectivity index (χ1) is 8.77. The van der Waals surface area contributed by atoms with Crippen LogP contribution in [0.5, 0.6) is 0 Å². The van der Waals surface area contributed by atoms with Gasteiger partial charge < -0.3 is 10.5 Å². The van der Waals surface area contributed by atoms with Gasteiger partial charge in [0.15, 0.2) is 0 Å². The Morgan fingerprint density at radius 1 is 1.28 bits per heavy atom. The molecule has 1 aliphatic rings. The summed E-state index contributed by atoms with van der Waals surface area (Å²) in [6.45, 7) is 5.01. The van der Waals surface area contributed by atoms with Gasteiger partial charge in [-0.25, -0.2) is 0 Å². The molecule has 1 aromatic rings. The molecular weight excluding hydrogens is 222 g/mol. The molecule has 0 bridgehead atoms. The molecule has 4 unspecified atom stereocenters. The van der Waals surface area contributed by atoms with Crippen molar-refractivity contribution in [2.24, 2.45) is 11.7 Å². The normalized spacial score (nSPS) is 25.7. The fourth-order valence-electron chi connectivity index (χ4n) is 2.88. The van der Waals surface area contributed by atoms with Crippen molar-refractivity contribution in [3.63, 3.8) is 0 Å². The van der Waals surface area contributed by atoms with Gasteiger partial charge in [-0.1, -0.05) is 43.7 Å². The van der Waals surface area contributed by atoms with Gasteiger partial charge in [0.05, 0.1) is 6.10 Å². The van der Waals surface area contributed by atoms with Crippen LogP contribution in [0.4, 0.5) is 0 Å². The largest absolute Gasteiger partial charge is 0.377 e. The smallest absolute Gasteiger partial charge is 0.0728 e. The average Bonchev–Trinajstić information content (AvgIpc) is 3.19. The van der Waals surface area contributed by atoms with Crippen LogP contribution < -0.4 is 5.73 Å². The lowest BCUT2D eigenvalue weighted by Gasteiger charge is -2.23. The number of benzene rings is 1. The monoisotopic (exact) mass is 247 g/mol. The maximum Gasteiger partial charge on any atom is 0.0728 e. The van der Waals surface area contributed by atoms with Gasteiger partial charge in [0, 0.05) is 12.6 Å². The molecule has 0 saturated heterocycles. The molecule has 1 fully saturated rings. The first-order valence-electron chi connectivity index (χ1n) is 7.20. The first-order valence-corrected chi connectivity index (χ1v) is 7.20. The van der Waals surface area contributed by atoms with E-state index in [9.17, 15) is 0 Å². The number of nitrogens with two attached hydrogens (primary N) is 1. The molecular formula is C16H25NO. The molecule has 100 valence electrons. The van der Waals surface area contributed by atoms with Crippen LogP contribution in [0.25, 0.3) is 0 Å². The zero-order chi connectivity index (χ0) is 13.0.